The molecule has 16 nitrogen and oxygen atoms in total. The monoisotopic (exact) mass is 890 g/mol. The number of benzene rings is 2. The Hall–Kier alpha value is -5.22. The SMILES string of the molecule is CC(C)C[C@@H](NC(=O)[C@@H](Cc1ccccc1)NC(=O)[C@@H](Cc1ccccc1)NC(=O)O)C(=O)N[C@H](CCCCNC(=O)OC(C)(C)C)C(=O)N1CC2(CCN(C3CCOCC3)CC2)C1. The fraction of sp³-hybridized carbons (Fsp3) is 0.625. The van der Waals surface area contributed by atoms with E-state index in [1.807, 2.05) is 55.1 Å². The van der Waals surface area contributed by atoms with Crippen molar-refractivity contribution in [3.05, 3.63) is 71.8 Å². The molecule has 0 aliphatic carbocycles. The van der Waals surface area contributed by atoms with Gasteiger partial charge >= 0.3 is 12.2 Å². The highest BCUT2D eigenvalue weighted by atomic mass is 16.6. The zero-order valence-electron chi connectivity index (χ0n) is 38.4. The second-order valence-corrected chi connectivity index (χ2v) is 19.2. The molecule has 3 aliphatic rings. The number of hydrogen-bond donors (Lipinski definition) is 6. The van der Waals surface area contributed by atoms with Crippen molar-refractivity contribution in [2.45, 2.75) is 135 Å². The Bertz CT molecular complexity index is 1840. The Morgan fingerprint density at radius 2 is 1.27 bits per heavy atom. The van der Waals surface area contributed by atoms with Gasteiger partial charge in [-0.05, 0) is 102 Å². The summed E-state index contributed by atoms with van der Waals surface area (Å²) in [7, 11) is 0. The molecule has 6 N–H and O–H groups in total. The van der Waals surface area contributed by atoms with E-state index in [1.165, 1.54) is 0 Å². The number of rotatable bonds is 20. The Morgan fingerprint density at radius 3 is 1.80 bits per heavy atom. The molecular weight excluding hydrogens is 819 g/mol. The van der Waals surface area contributed by atoms with E-state index in [2.05, 4.69) is 31.5 Å². The number of nitrogens with zero attached hydrogens (tertiary/aromatic N) is 2. The van der Waals surface area contributed by atoms with Gasteiger partial charge in [-0.2, -0.15) is 0 Å². The molecule has 2 aromatic rings. The van der Waals surface area contributed by atoms with Crippen LogP contribution in [0.4, 0.5) is 9.59 Å². The molecule has 2 aromatic carbocycles. The van der Waals surface area contributed by atoms with Crippen LogP contribution in [0, 0.1) is 11.3 Å². The van der Waals surface area contributed by atoms with Crippen LogP contribution in [0.3, 0.4) is 0 Å². The number of carboxylic acid groups (broad SMARTS) is 1. The third-order valence-electron chi connectivity index (χ3n) is 12.3. The number of alkyl carbamates (subject to hydrolysis) is 1. The lowest BCUT2D eigenvalue weighted by Gasteiger charge is -2.55. The van der Waals surface area contributed by atoms with Crippen molar-refractivity contribution in [3.8, 4) is 0 Å². The van der Waals surface area contributed by atoms with Gasteiger partial charge in [0.1, 0.15) is 29.8 Å². The van der Waals surface area contributed by atoms with Crippen molar-refractivity contribution in [1.82, 2.24) is 36.4 Å². The molecule has 3 saturated heterocycles. The van der Waals surface area contributed by atoms with Gasteiger partial charge in [0, 0.05) is 57.1 Å². The number of carbonyl (C=O) groups is 6. The summed E-state index contributed by atoms with van der Waals surface area (Å²) in [5, 5.41) is 23.3. The van der Waals surface area contributed by atoms with Crippen LogP contribution in [0.1, 0.15) is 97.1 Å². The highest BCUT2D eigenvalue weighted by Crippen LogP contribution is 2.41. The largest absolute Gasteiger partial charge is 0.465 e. The first kappa shape index (κ1) is 49.8. The summed E-state index contributed by atoms with van der Waals surface area (Å²) >= 11 is 0. The van der Waals surface area contributed by atoms with Gasteiger partial charge in [-0.1, -0.05) is 74.5 Å². The van der Waals surface area contributed by atoms with Gasteiger partial charge in [0.2, 0.25) is 23.6 Å². The summed E-state index contributed by atoms with van der Waals surface area (Å²) in [6.45, 7) is 14.4. The number of carbonyl (C=O) groups excluding carboxylic acids is 5. The van der Waals surface area contributed by atoms with Crippen LogP contribution in [0.2, 0.25) is 0 Å². The number of unbranched alkanes of at least 4 members (excludes halogenated alkanes) is 1. The van der Waals surface area contributed by atoms with Crippen molar-refractivity contribution in [3.63, 3.8) is 0 Å². The van der Waals surface area contributed by atoms with E-state index in [9.17, 15) is 33.9 Å². The lowest BCUT2D eigenvalue weighted by atomic mass is 9.71. The predicted octanol–water partition coefficient (Wildman–Crippen LogP) is 4.41. The summed E-state index contributed by atoms with van der Waals surface area (Å²) < 4.78 is 10.9. The van der Waals surface area contributed by atoms with Crippen molar-refractivity contribution in [2.75, 3.05) is 45.9 Å². The quantitative estimate of drug-likeness (QED) is 0.103. The van der Waals surface area contributed by atoms with Crippen molar-refractivity contribution < 1.29 is 43.3 Å². The second kappa shape index (κ2) is 23.6. The third kappa shape index (κ3) is 15.8. The van der Waals surface area contributed by atoms with Crippen molar-refractivity contribution >= 4 is 35.8 Å². The highest BCUT2D eigenvalue weighted by molar-refractivity contribution is 5.95. The second-order valence-electron chi connectivity index (χ2n) is 19.2. The van der Waals surface area contributed by atoms with Crippen LogP contribution in [0.5, 0.6) is 0 Å². The number of piperidine rings is 1. The highest BCUT2D eigenvalue weighted by Gasteiger charge is 2.48. The maximum atomic E-state index is 14.3. The summed E-state index contributed by atoms with van der Waals surface area (Å²) in [6.07, 6.45) is 3.94. The van der Waals surface area contributed by atoms with Crippen LogP contribution in [-0.4, -0.2) is 132 Å². The molecule has 5 rings (SSSR count). The molecule has 0 unspecified atom stereocenters. The molecule has 0 radical (unpaired) electrons. The smallest absolute Gasteiger partial charge is 0.407 e. The van der Waals surface area contributed by atoms with Gasteiger partial charge in [0.15, 0.2) is 0 Å². The van der Waals surface area contributed by atoms with Gasteiger partial charge < -0.3 is 51.0 Å². The zero-order chi connectivity index (χ0) is 46.3. The lowest BCUT2D eigenvalue weighted by molar-refractivity contribution is -0.151. The Morgan fingerprint density at radius 1 is 0.750 bits per heavy atom. The number of likely N-dealkylation sites (tertiary alicyclic amines) is 2. The molecule has 1 spiro atoms. The summed E-state index contributed by atoms with van der Waals surface area (Å²) in [4.78, 5) is 85.2. The van der Waals surface area contributed by atoms with E-state index >= 15 is 0 Å². The van der Waals surface area contributed by atoms with Crippen LogP contribution in [0.15, 0.2) is 60.7 Å². The first-order valence-electron chi connectivity index (χ1n) is 23.0. The zero-order valence-corrected chi connectivity index (χ0v) is 38.4. The Kier molecular flexibility index (Phi) is 18.4. The average Bonchev–Trinajstić information content (AvgIpc) is 3.24. The number of amides is 6. The fourth-order valence-electron chi connectivity index (χ4n) is 8.89. The van der Waals surface area contributed by atoms with Gasteiger partial charge in [-0.15, -0.1) is 0 Å². The minimum Gasteiger partial charge on any atom is -0.465 e. The third-order valence-corrected chi connectivity index (χ3v) is 12.3. The van der Waals surface area contributed by atoms with Crippen molar-refractivity contribution in [1.29, 1.82) is 0 Å². The topological polar surface area (TPSA) is 208 Å². The Balaban J connectivity index is 1.28. The first-order valence-corrected chi connectivity index (χ1v) is 23.0. The fourth-order valence-corrected chi connectivity index (χ4v) is 8.89. The van der Waals surface area contributed by atoms with Gasteiger partial charge in [-0.3, -0.25) is 19.2 Å². The summed E-state index contributed by atoms with van der Waals surface area (Å²) in [5.41, 5.74) is 0.878. The summed E-state index contributed by atoms with van der Waals surface area (Å²) in [5.74, 6) is -2.06. The molecule has 3 fully saturated rings. The van der Waals surface area contributed by atoms with Gasteiger partial charge in [0.25, 0.3) is 0 Å². The van der Waals surface area contributed by atoms with Gasteiger partial charge in [-0.25, -0.2) is 9.59 Å². The standard InChI is InChI=1S/C48H71N7O9/c1-33(2)28-38(51-42(57)39(29-34-14-8-6-9-15-34)52-43(58)40(53-45(60)61)30-35-16-10-7-11-17-35)41(56)50-37(18-12-13-23-49-46(62)64-47(3,4)5)44(59)55-31-48(32-55)21-24-54(25-22-48)36-19-26-63-27-20-36/h6-11,14-17,33,36-40,53H,12-13,18-32H2,1-5H3,(H,49,62)(H,50,56)(H,51,57)(H,52,58)(H,60,61)/t37-,38-,39-,40-/m1/s1. The molecular formula is C48H71N7O9. The predicted molar refractivity (Wildman–Crippen MR) is 242 cm³/mol. The van der Waals surface area contributed by atoms with E-state index in [1.54, 1.807) is 45.0 Å². The number of nitrogens with one attached hydrogen (secondary N) is 5. The molecule has 3 heterocycles. The van der Waals surface area contributed by atoms with Crippen LogP contribution >= 0.6 is 0 Å². The van der Waals surface area contributed by atoms with E-state index in [4.69, 9.17) is 9.47 Å². The molecule has 0 saturated carbocycles. The average molecular weight is 890 g/mol. The van der Waals surface area contributed by atoms with Crippen molar-refractivity contribution in [2.24, 2.45) is 11.3 Å². The van der Waals surface area contributed by atoms with E-state index in [0.29, 0.717) is 44.9 Å². The molecule has 352 valence electrons. The minimum atomic E-state index is -1.39. The molecule has 4 atom stereocenters. The molecule has 16 heteroatoms. The minimum absolute atomic E-state index is 0.0384. The maximum absolute atomic E-state index is 14.3. The Labute approximate surface area is 378 Å². The summed E-state index contributed by atoms with van der Waals surface area (Å²) in [6, 6.07) is 14.3. The molecule has 0 aromatic heterocycles. The van der Waals surface area contributed by atoms with Crippen LogP contribution < -0.4 is 26.6 Å². The van der Waals surface area contributed by atoms with Gasteiger partial charge in [0.05, 0.1) is 0 Å². The van der Waals surface area contributed by atoms with E-state index in [0.717, 1.165) is 63.1 Å². The van der Waals surface area contributed by atoms with Crippen LogP contribution in [-0.2, 0) is 41.5 Å². The molecule has 6 amide bonds. The number of ether oxygens (including phenoxy) is 2. The maximum Gasteiger partial charge on any atom is 0.407 e. The lowest BCUT2D eigenvalue weighted by Crippen LogP contribution is -2.66. The van der Waals surface area contributed by atoms with E-state index < -0.39 is 59.7 Å². The normalized spacial score (nSPS) is 18.4. The number of hydrogen-bond acceptors (Lipinski definition) is 9. The molecule has 3 aliphatic heterocycles. The first-order chi connectivity index (χ1) is 30.5. The van der Waals surface area contributed by atoms with Crippen LogP contribution in [0.25, 0.3) is 0 Å². The molecule has 0 bridgehead atoms. The van der Waals surface area contributed by atoms with E-state index in [-0.39, 0.29) is 36.5 Å². The molecule has 64 heavy (non-hydrogen) atoms.